The van der Waals surface area contributed by atoms with Gasteiger partial charge in [-0.25, -0.2) is 4.79 Å². The summed E-state index contributed by atoms with van der Waals surface area (Å²) in [6.45, 7) is 4.56. The van der Waals surface area contributed by atoms with E-state index in [2.05, 4.69) is 62.2 Å². The number of benzene rings is 3. The number of aryl methyl sites for hydroxylation is 3. The second-order valence-corrected chi connectivity index (χ2v) is 11.3. The van der Waals surface area contributed by atoms with E-state index in [1.165, 1.54) is 0 Å². The Labute approximate surface area is 267 Å². The van der Waals surface area contributed by atoms with Crippen molar-refractivity contribution in [2.24, 2.45) is 7.05 Å². The Morgan fingerprint density at radius 2 is 1.80 bits per heavy atom. The topological polar surface area (TPSA) is 79.5 Å². The average molecular weight is 662 g/mol. The molecule has 5 aromatic rings. The number of para-hydroxylation sites is 1. The molecule has 2 heterocycles. The lowest BCUT2D eigenvalue weighted by Gasteiger charge is -2.14. The number of rotatable bonds is 15. The van der Waals surface area contributed by atoms with Gasteiger partial charge in [-0.05, 0) is 56.8 Å². The van der Waals surface area contributed by atoms with E-state index in [-0.39, 0.29) is 5.97 Å². The fourth-order valence-corrected chi connectivity index (χ4v) is 6.72. The van der Waals surface area contributed by atoms with Gasteiger partial charge in [0.2, 0.25) is 0 Å². The van der Waals surface area contributed by atoms with Crippen molar-refractivity contribution in [1.29, 1.82) is 0 Å². The van der Waals surface area contributed by atoms with Crippen LogP contribution in [0, 0.1) is 0 Å². The van der Waals surface area contributed by atoms with Crippen LogP contribution < -0.4 is 10.1 Å². The van der Waals surface area contributed by atoms with Crippen molar-refractivity contribution in [2.75, 3.05) is 33.9 Å². The molecule has 0 aliphatic carbocycles. The van der Waals surface area contributed by atoms with Crippen molar-refractivity contribution >= 4 is 43.6 Å². The van der Waals surface area contributed by atoms with Crippen molar-refractivity contribution in [3.8, 4) is 16.9 Å². The van der Waals surface area contributed by atoms with Crippen molar-refractivity contribution in [3.05, 3.63) is 83.3 Å². The van der Waals surface area contributed by atoms with Gasteiger partial charge in [0.25, 0.3) is 0 Å². The van der Waals surface area contributed by atoms with E-state index < -0.39 is 0 Å². The first-order valence-corrected chi connectivity index (χ1v) is 16.3. The molecular formula is C35H41BrN4O4. The number of hydrogen-bond acceptors (Lipinski definition) is 6. The maximum absolute atomic E-state index is 13.7. The second kappa shape index (κ2) is 14.9. The smallest absolute Gasteiger partial charge is 0.355 e. The summed E-state index contributed by atoms with van der Waals surface area (Å²) in [6.07, 6.45) is 2.26. The zero-order valence-electron chi connectivity index (χ0n) is 26.0. The van der Waals surface area contributed by atoms with Crippen LogP contribution in [-0.4, -0.2) is 54.2 Å². The van der Waals surface area contributed by atoms with Crippen LogP contribution in [0.2, 0.25) is 0 Å². The predicted molar refractivity (Wildman–Crippen MR) is 180 cm³/mol. The fraction of sp³-hybridized carbons (Fsp3) is 0.371. The lowest BCUT2D eigenvalue weighted by molar-refractivity contribution is 0.0512. The first-order valence-electron chi connectivity index (χ1n) is 15.2. The summed E-state index contributed by atoms with van der Waals surface area (Å²) in [5, 5.41) is 12.0. The van der Waals surface area contributed by atoms with Gasteiger partial charge in [0, 0.05) is 47.9 Å². The van der Waals surface area contributed by atoms with Gasteiger partial charge in [0.15, 0.2) is 0 Å². The van der Waals surface area contributed by atoms with Crippen LogP contribution in [0.25, 0.3) is 32.8 Å². The number of halogens is 1. The van der Waals surface area contributed by atoms with Gasteiger partial charge in [-0.1, -0.05) is 70.5 Å². The SMILES string of the molecule is CCOC(=O)c1c(CCCOc2cccc3ccccc23)c2cccc(-c3c(COC)nn(C)c3CBr)c2n1CCCNC. The number of carbonyl (C=O) groups is 1. The molecule has 3 aromatic carbocycles. The molecule has 0 saturated carbocycles. The summed E-state index contributed by atoms with van der Waals surface area (Å²) in [7, 11) is 5.59. The van der Waals surface area contributed by atoms with E-state index >= 15 is 0 Å². The Kier molecular flexibility index (Phi) is 10.7. The summed E-state index contributed by atoms with van der Waals surface area (Å²) in [5.41, 5.74) is 6.61. The molecular weight excluding hydrogens is 620 g/mol. The Hall–Kier alpha value is -3.66. The normalized spacial score (nSPS) is 11.5. The molecule has 0 spiro atoms. The molecule has 0 radical (unpaired) electrons. The third-order valence-electron chi connectivity index (χ3n) is 7.96. The summed E-state index contributed by atoms with van der Waals surface area (Å²) in [6, 6.07) is 20.7. The molecule has 0 unspecified atom stereocenters. The largest absolute Gasteiger partial charge is 0.493 e. The summed E-state index contributed by atoms with van der Waals surface area (Å²) >= 11 is 3.69. The van der Waals surface area contributed by atoms with Gasteiger partial charge in [-0.2, -0.15) is 5.10 Å². The number of ether oxygens (including phenoxy) is 3. The number of nitrogens with zero attached hydrogens (tertiary/aromatic N) is 3. The molecule has 9 heteroatoms. The molecule has 0 aliphatic rings. The highest BCUT2D eigenvalue weighted by Crippen LogP contribution is 2.39. The molecule has 1 N–H and O–H groups in total. The molecule has 0 amide bonds. The van der Waals surface area contributed by atoms with Crippen molar-refractivity contribution < 1.29 is 19.0 Å². The number of esters is 1. The molecule has 0 bridgehead atoms. The van der Waals surface area contributed by atoms with E-state index in [1.54, 1.807) is 7.11 Å². The Bertz CT molecular complexity index is 1740. The van der Waals surface area contributed by atoms with Gasteiger partial charge < -0.3 is 24.1 Å². The van der Waals surface area contributed by atoms with Gasteiger partial charge in [-0.15, -0.1) is 0 Å². The standard InChI is InChI=1S/C35H41BrN4O4/c1-5-43-35(41)34-27(17-10-21-44-31-18-8-13-24-12-6-7-14-25(24)31)26-15-9-16-28(33(26)40(34)20-11-19-37-2)32-29(23-42-4)38-39(3)30(32)22-36/h6-9,12-16,18,37H,5,10-11,17,19-23H2,1-4H3. The monoisotopic (exact) mass is 660 g/mol. The van der Waals surface area contributed by atoms with Gasteiger partial charge >= 0.3 is 5.97 Å². The molecule has 0 atom stereocenters. The number of alkyl halides is 1. The minimum Gasteiger partial charge on any atom is -0.493 e. The number of hydrogen-bond donors (Lipinski definition) is 1. The number of aromatic nitrogens is 3. The molecule has 0 fully saturated rings. The van der Waals surface area contributed by atoms with Crippen LogP contribution in [0.4, 0.5) is 0 Å². The average Bonchev–Trinajstić information content (AvgIpc) is 3.53. The molecule has 44 heavy (non-hydrogen) atoms. The second-order valence-electron chi connectivity index (χ2n) is 10.7. The minimum atomic E-state index is -0.298. The number of methoxy groups -OCH3 is 1. The third kappa shape index (κ3) is 6.41. The first kappa shape index (κ1) is 31.8. The zero-order chi connectivity index (χ0) is 31.1. The number of nitrogens with one attached hydrogen (secondary N) is 1. The molecule has 2 aromatic heterocycles. The van der Waals surface area contributed by atoms with Crippen LogP contribution in [0.3, 0.4) is 0 Å². The van der Waals surface area contributed by atoms with Crippen molar-refractivity contribution in [3.63, 3.8) is 0 Å². The molecule has 5 rings (SSSR count). The zero-order valence-corrected chi connectivity index (χ0v) is 27.6. The van der Waals surface area contributed by atoms with Crippen LogP contribution in [0.15, 0.2) is 60.7 Å². The molecule has 0 saturated heterocycles. The summed E-state index contributed by atoms with van der Waals surface area (Å²) in [4.78, 5) is 13.7. The lowest BCUT2D eigenvalue weighted by atomic mass is 9.98. The highest BCUT2D eigenvalue weighted by Gasteiger charge is 2.28. The quantitative estimate of drug-likeness (QED) is 0.0738. The maximum atomic E-state index is 13.7. The highest BCUT2D eigenvalue weighted by atomic mass is 79.9. The van der Waals surface area contributed by atoms with Gasteiger partial charge in [-0.3, -0.25) is 4.68 Å². The van der Waals surface area contributed by atoms with E-state index in [9.17, 15) is 4.79 Å². The summed E-state index contributed by atoms with van der Waals surface area (Å²) in [5.74, 6) is 0.572. The van der Waals surface area contributed by atoms with Crippen molar-refractivity contribution in [1.82, 2.24) is 19.7 Å². The predicted octanol–water partition coefficient (Wildman–Crippen LogP) is 7.03. The maximum Gasteiger partial charge on any atom is 0.355 e. The Morgan fingerprint density at radius 3 is 2.57 bits per heavy atom. The molecule has 8 nitrogen and oxygen atoms in total. The van der Waals surface area contributed by atoms with E-state index in [0.29, 0.717) is 43.8 Å². The first-order chi connectivity index (χ1) is 21.5. The van der Waals surface area contributed by atoms with Crippen LogP contribution >= 0.6 is 15.9 Å². The number of carbonyl (C=O) groups excluding carboxylic acids is 1. The Balaban J connectivity index is 1.60. The van der Waals surface area contributed by atoms with Crippen LogP contribution in [-0.2, 0) is 41.4 Å². The molecule has 232 valence electrons. The lowest BCUT2D eigenvalue weighted by Crippen LogP contribution is -2.17. The van der Waals surface area contributed by atoms with Crippen LogP contribution in [0.1, 0.15) is 47.2 Å². The van der Waals surface area contributed by atoms with E-state index in [0.717, 1.165) is 74.9 Å². The Morgan fingerprint density at radius 1 is 1.02 bits per heavy atom. The van der Waals surface area contributed by atoms with E-state index in [1.807, 2.05) is 50.0 Å². The molecule has 0 aliphatic heterocycles. The van der Waals surface area contributed by atoms with Gasteiger partial charge in [0.1, 0.15) is 11.4 Å². The van der Waals surface area contributed by atoms with E-state index in [4.69, 9.17) is 19.3 Å². The summed E-state index contributed by atoms with van der Waals surface area (Å²) < 4.78 is 21.6. The van der Waals surface area contributed by atoms with Crippen LogP contribution in [0.5, 0.6) is 5.75 Å². The van der Waals surface area contributed by atoms with Crippen molar-refractivity contribution in [2.45, 2.75) is 44.7 Å². The van der Waals surface area contributed by atoms with Gasteiger partial charge in [0.05, 0.1) is 36.7 Å². The fourth-order valence-electron chi connectivity index (χ4n) is 6.08. The third-order valence-corrected chi connectivity index (χ3v) is 8.49. The highest BCUT2D eigenvalue weighted by molar-refractivity contribution is 9.08. The number of fused-ring (bicyclic) bond motifs is 2. The minimum absolute atomic E-state index is 0.298.